The van der Waals surface area contributed by atoms with E-state index < -0.39 is 33.1 Å². The van der Waals surface area contributed by atoms with Crippen LogP contribution >= 0.6 is 0 Å². The van der Waals surface area contributed by atoms with E-state index in [1.165, 1.54) is 6.92 Å². The summed E-state index contributed by atoms with van der Waals surface area (Å²) >= 11 is 0. The van der Waals surface area contributed by atoms with Crippen LogP contribution in [0.2, 0.25) is 0 Å². The van der Waals surface area contributed by atoms with Crippen LogP contribution in [0.4, 0.5) is 5.69 Å². The minimum atomic E-state index is -2.01. The second-order valence-electron chi connectivity index (χ2n) is 2.64. The summed E-state index contributed by atoms with van der Waals surface area (Å²) in [6, 6.07) is 0. The summed E-state index contributed by atoms with van der Waals surface area (Å²) in [6.45, 7) is 1.40. The number of hydrogen-bond donors (Lipinski definition) is 2. The normalized spacial score (nSPS) is 12.3. The summed E-state index contributed by atoms with van der Waals surface area (Å²) in [4.78, 5) is 20.1. The first kappa shape index (κ1) is 11.3. The number of nitro groups is 1. The first-order valence-corrected chi connectivity index (χ1v) is 5.05. The molecule has 0 bridgehead atoms. The van der Waals surface area contributed by atoms with Crippen molar-refractivity contribution in [3.05, 3.63) is 15.8 Å². The van der Waals surface area contributed by atoms with Crippen LogP contribution in [0.15, 0.2) is 5.03 Å². The molecular formula is C6H7N3O5S. The Bertz CT molecular complexity index is 440. The molecule has 0 aliphatic carbocycles. The summed E-state index contributed by atoms with van der Waals surface area (Å²) in [5.74, 6) is -2.01. The predicted molar refractivity (Wildman–Crippen MR) is 48.9 cm³/mol. The van der Waals surface area contributed by atoms with Gasteiger partial charge in [-0.3, -0.25) is 24.2 Å². The SMILES string of the molecule is Cc1[nH]nc([S@](=O)CC(=O)O)c1[N+](=O)[O-]. The Hall–Kier alpha value is -1.77. The Morgan fingerprint density at radius 1 is 1.73 bits per heavy atom. The largest absolute Gasteiger partial charge is 0.481 e. The molecule has 15 heavy (non-hydrogen) atoms. The van der Waals surface area contributed by atoms with Crippen LogP contribution in [-0.4, -0.2) is 36.2 Å². The second kappa shape index (κ2) is 4.17. The van der Waals surface area contributed by atoms with Crippen LogP contribution < -0.4 is 0 Å². The third kappa shape index (κ3) is 2.37. The molecule has 9 heteroatoms. The van der Waals surface area contributed by atoms with Crippen molar-refractivity contribution in [3.8, 4) is 0 Å². The van der Waals surface area contributed by atoms with Crippen molar-refractivity contribution in [3.63, 3.8) is 0 Å². The van der Waals surface area contributed by atoms with E-state index >= 15 is 0 Å². The number of H-pyrrole nitrogens is 1. The smallest absolute Gasteiger partial charge is 0.326 e. The zero-order valence-electron chi connectivity index (χ0n) is 7.59. The summed E-state index contributed by atoms with van der Waals surface area (Å²) in [7, 11) is -2.01. The molecule has 1 atom stereocenters. The Morgan fingerprint density at radius 3 is 2.80 bits per heavy atom. The van der Waals surface area contributed by atoms with Crippen molar-refractivity contribution in [2.75, 3.05) is 5.75 Å². The number of aromatic nitrogens is 2. The molecular weight excluding hydrogens is 226 g/mol. The molecule has 0 saturated heterocycles. The van der Waals surface area contributed by atoms with Crippen LogP contribution in [0.25, 0.3) is 0 Å². The average Bonchev–Trinajstić information content (AvgIpc) is 2.45. The van der Waals surface area contributed by atoms with Crippen LogP contribution in [0.1, 0.15) is 5.69 Å². The maximum atomic E-state index is 11.3. The third-order valence-electron chi connectivity index (χ3n) is 1.54. The molecule has 1 aromatic heterocycles. The average molecular weight is 233 g/mol. The van der Waals surface area contributed by atoms with Gasteiger partial charge in [0.25, 0.3) is 0 Å². The van der Waals surface area contributed by atoms with Crippen molar-refractivity contribution in [2.24, 2.45) is 0 Å². The predicted octanol–water partition coefficient (Wildman–Crippen LogP) is -0.181. The van der Waals surface area contributed by atoms with Crippen LogP contribution in [-0.2, 0) is 15.6 Å². The van der Waals surface area contributed by atoms with Gasteiger partial charge in [-0.15, -0.1) is 0 Å². The maximum Gasteiger partial charge on any atom is 0.326 e. The number of rotatable bonds is 4. The third-order valence-corrected chi connectivity index (χ3v) is 2.76. The topological polar surface area (TPSA) is 126 Å². The molecule has 1 aromatic rings. The molecule has 0 unspecified atom stereocenters. The fraction of sp³-hybridized carbons (Fsp3) is 0.333. The molecule has 1 heterocycles. The minimum absolute atomic E-state index is 0.147. The lowest BCUT2D eigenvalue weighted by atomic mass is 10.4. The molecule has 8 nitrogen and oxygen atoms in total. The molecule has 0 aliphatic heterocycles. The van der Waals surface area contributed by atoms with Gasteiger partial charge in [0.15, 0.2) is 0 Å². The van der Waals surface area contributed by atoms with E-state index in [-0.39, 0.29) is 10.7 Å². The van der Waals surface area contributed by atoms with Crippen molar-refractivity contribution < 1.29 is 19.0 Å². The summed E-state index contributed by atoms with van der Waals surface area (Å²) in [5, 5.41) is 24.4. The van der Waals surface area contributed by atoms with Gasteiger partial charge in [0.05, 0.1) is 15.7 Å². The first-order chi connectivity index (χ1) is 6.93. The van der Waals surface area contributed by atoms with Gasteiger partial charge in [0.2, 0.25) is 5.03 Å². The van der Waals surface area contributed by atoms with E-state index in [9.17, 15) is 19.1 Å². The van der Waals surface area contributed by atoms with E-state index in [1.807, 2.05) is 0 Å². The highest BCUT2D eigenvalue weighted by Gasteiger charge is 2.27. The van der Waals surface area contributed by atoms with E-state index in [0.717, 1.165) is 0 Å². The van der Waals surface area contributed by atoms with Crippen molar-refractivity contribution in [1.82, 2.24) is 10.2 Å². The molecule has 0 fully saturated rings. The van der Waals surface area contributed by atoms with Crippen molar-refractivity contribution >= 4 is 22.5 Å². The summed E-state index contributed by atoms with van der Waals surface area (Å²) in [5.41, 5.74) is -0.275. The number of aromatic amines is 1. The monoisotopic (exact) mass is 233 g/mol. The zero-order valence-corrected chi connectivity index (χ0v) is 8.41. The number of nitrogens with one attached hydrogen (secondary N) is 1. The molecule has 0 spiro atoms. The molecule has 0 amide bonds. The van der Waals surface area contributed by atoms with Gasteiger partial charge in [-0.2, -0.15) is 5.10 Å². The van der Waals surface area contributed by atoms with Crippen LogP contribution in [0.3, 0.4) is 0 Å². The summed E-state index contributed by atoms with van der Waals surface area (Å²) in [6.07, 6.45) is 0. The number of nitrogens with zero attached hydrogens (tertiary/aromatic N) is 2. The van der Waals surface area contributed by atoms with Crippen LogP contribution in [0.5, 0.6) is 0 Å². The van der Waals surface area contributed by atoms with E-state index in [4.69, 9.17) is 5.11 Å². The Labute approximate surface area is 85.9 Å². The van der Waals surface area contributed by atoms with Crippen molar-refractivity contribution in [2.45, 2.75) is 11.9 Å². The van der Waals surface area contributed by atoms with Gasteiger partial charge < -0.3 is 5.11 Å². The fourth-order valence-electron chi connectivity index (χ4n) is 0.955. The lowest BCUT2D eigenvalue weighted by Gasteiger charge is -1.93. The maximum absolute atomic E-state index is 11.3. The Kier molecular flexibility index (Phi) is 3.14. The molecule has 0 radical (unpaired) electrons. The van der Waals surface area contributed by atoms with Crippen molar-refractivity contribution in [1.29, 1.82) is 0 Å². The molecule has 0 aromatic carbocycles. The van der Waals surface area contributed by atoms with E-state index in [2.05, 4.69) is 10.2 Å². The van der Waals surface area contributed by atoms with E-state index in [1.54, 1.807) is 0 Å². The van der Waals surface area contributed by atoms with Gasteiger partial charge in [0.1, 0.15) is 11.4 Å². The number of aliphatic carboxylic acids is 1. The molecule has 2 N–H and O–H groups in total. The fourth-order valence-corrected chi connectivity index (χ4v) is 1.91. The summed E-state index contributed by atoms with van der Waals surface area (Å²) < 4.78 is 11.3. The number of aryl methyl sites for hydroxylation is 1. The number of carboxylic acid groups (broad SMARTS) is 1. The lowest BCUT2D eigenvalue weighted by molar-refractivity contribution is -0.388. The first-order valence-electron chi connectivity index (χ1n) is 3.73. The number of carboxylic acids is 1. The quantitative estimate of drug-likeness (QED) is 0.548. The lowest BCUT2D eigenvalue weighted by Crippen LogP contribution is -2.10. The van der Waals surface area contributed by atoms with Gasteiger partial charge in [-0.25, -0.2) is 0 Å². The van der Waals surface area contributed by atoms with Gasteiger partial charge in [-0.1, -0.05) is 0 Å². The molecule has 1 rings (SSSR count). The standard InChI is InChI=1S/C6H7N3O5S/c1-3-5(9(12)13)6(8-7-3)15(14)2-4(10)11/h2H2,1H3,(H,7,8)(H,10,11)/t15-/m1/s1. The number of hydrogen-bond acceptors (Lipinski definition) is 5. The molecule has 0 saturated carbocycles. The molecule has 0 aliphatic rings. The van der Waals surface area contributed by atoms with E-state index in [0.29, 0.717) is 0 Å². The minimum Gasteiger partial charge on any atom is -0.481 e. The van der Waals surface area contributed by atoms with Gasteiger partial charge in [-0.05, 0) is 6.92 Å². The number of carbonyl (C=O) groups is 1. The van der Waals surface area contributed by atoms with Crippen LogP contribution in [0, 0.1) is 17.0 Å². The highest BCUT2D eigenvalue weighted by Crippen LogP contribution is 2.23. The Balaban J connectivity index is 3.09. The highest BCUT2D eigenvalue weighted by molar-refractivity contribution is 7.85. The molecule has 82 valence electrons. The van der Waals surface area contributed by atoms with Gasteiger partial charge in [0, 0.05) is 0 Å². The van der Waals surface area contributed by atoms with Gasteiger partial charge >= 0.3 is 11.7 Å². The second-order valence-corrected chi connectivity index (χ2v) is 4.01. The zero-order chi connectivity index (χ0) is 11.6. The Morgan fingerprint density at radius 2 is 2.33 bits per heavy atom. The highest BCUT2D eigenvalue weighted by atomic mass is 32.2.